The van der Waals surface area contributed by atoms with E-state index >= 15 is 0 Å². The van der Waals surface area contributed by atoms with Crippen molar-refractivity contribution in [2.45, 2.75) is 26.3 Å². The van der Waals surface area contributed by atoms with Gasteiger partial charge in [-0.05, 0) is 12.3 Å². The van der Waals surface area contributed by atoms with Crippen molar-refractivity contribution in [2.75, 3.05) is 6.54 Å². The predicted octanol–water partition coefficient (Wildman–Crippen LogP) is 2.16. The van der Waals surface area contributed by atoms with Gasteiger partial charge in [-0.25, -0.2) is 9.78 Å². The summed E-state index contributed by atoms with van der Waals surface area (Å²) < 4.78 is 0. The van der Waals surface area contributed by atoms with Crippen LogP contribution in [0.3, 0.4) is 0 Å². The number of nitrogens with one attached hydrogen (secondary N) is 2. The molecule has 1 atom stereocenters. The van der Waals surface area contributed by atoms with Gasteiger partial charge >= 0.3 is 5.97 Å². The number of nitrogens with zero attached hydrogens (tertiary/aromatic N) is 1. The van der Waals surface area contributed by atoms with E-state index in [-0.39, 0.29) is 12.5 Å². The van der Waals surface area contributed by atoms with Crippen LogP contribution in [0.4, 0.5) is 0 Å². The van der Waals surface area contributed by atoms with Gasteiger partial charge in [0, 0.05) is 5.56 Å². The smallest absolute Gasteiger partial charge is 0.326 e. The number of carboxylic acids is 1. The van der Waals surface area contributed by atoms with Crippen LogP contribution in [0.2, 0.25) is 0 Å². The molecule has 0 spiro atoms. The first kappa shape index (κ1) is 19.6. The summed E-state index contributed by atoms with van der Waals surface area (Å²) in [4.78, 5) is 39.8. The van der Waals surface area contributed by atoms with E-state index in [2.05, 4.69) is 15.6 Å². The molecule has 0 aliphatic carbocycles. The van der Waals surface area contributed by atoms with E-state index in [0.717, 1.165) is 5.56 Å². The second-order valence-electron chi connectivity index (χ2n) is 6.17. The van der Waals surface area contributed by atoms with Crippen LogP contribution in [-0.4, -0.2) is 40.5 Å². The average Bonchev–Trinajstić information content (AvgIpc) is 3.09. The Morgan fingerprint density at radius 2 is 1.88 bits per heavy atom. The number of carboxylic acid groups (broad SMARTS) is 1. The Kier molecular flexibility index (Phi) is 6.85. The van der Waals surface area contributed by atoms with Gasteiger partial charge in [0.25, 0.3) is 5.91 Å². The average molecular weight is 375 g/mol. The molecule has 138 valence electrons. The summed E-state index contributed by atoms with van der Waals surface area (Å²) in [6.07, 6.45) is 1.78. The largest absolute Gasteiger partial charge is 0.480 e. The molecule has 0 unspecified atom stereocenters. The molecule has 0 fully saturated rings. The van der Waals surface area contributed by atoms with E-state index in [1.165, 1.54) is 17.5 Å². The molecule has 7 nitrogen and oxygen atoms in total. The van der Waals surface area contributed by atoms with E-state index in [1.54, 1.807) is 0 Å². The van der Waals surface area contributed by atoms with Gasteiger partial charge in [-0.15, -0.1) is 11.3 Å². The number of aliphatic carboxylic acids is 1. The highest BCUT2D eigenvalue weighted by atomic mass is 32.1. The number of hydrogen-bond acceptors (Lipinski definition) is 5. The van der Waals surface area contributed by atoms with E-state index in [1.807, 2.05) is 44.2 Å². The lowest BCUT2D eigenvalue weighted by molar-refractivity contribution is -0.142. The molecular formula is C18H21N3O4S. The Balaban J connectivity index is 1.89. The third kappa shape index (κ3) is 5.66. The summed E-state index contributed by atoms with van der Waals surface area (Å²) in [6.45, 7) is 3.45. The quantitative estimate of drug-likeness (QED) is 0.655. The molecule has 26 heavy (non-hydrogen) atoms. The SMILES string of the molecule is CC(C)C[C@H](NC(=O)CNC(=O)c1cnc(-c2ccccc2)s1)C(=O)O. The number of amides is 2. The van der Waals surface area contributed by atoms with Gasteiger partial charge in [-0.3, -0.25) is 9.59 Å². The number of benzene rings is 1. The molecule has 1 aromatic carbocycles. The zero-order chi connectivity index (χ0) is 19.1. The summed E-state index contributed by atoms with van der Waals surface area (Å²) in [5, 5.41) is 14.7. The fraction of sp³-hybridized carbons (Fsp3) is 0.333. The Hall–Kier alpha value is -2.74. The Labute approximate surface area is 155 Å². The lowest BCUT2D eigenvalue weighted by Gasteiger charge is -2.16. The minimum atomic E-state index is -1.09. The molecule has 2 aromatic rings. The van der Waals surface area contributed by atoms with Crippen molar-refractivity contribution in [1.29, 1.82) is 0 Å². The Bertz CT molecular complexity index is 774. The summed E-state index contributed by atoms with van der Waals surface area (Å²) >= 11 is 1.22. The van der Waals surface area contributed by atoms with E-state index in [4.69, 9.17) is 5.11 Å². The van der Waals surface area contributed by atoms with Crippen molar-refractivity contribution in [3.63, 3.8) is 0 Å². The lowest BCUT2D eigenvalue weighted by Crippen LogP contribution is -2.46. The molecule has 0 saturated heterocycles. The minimum Gasteiger partial charge on any atom is -0.480 e. The molecule has 3 N–H and O–H groups in total. The molecular weight excluding hydrogens is 354 g/mol. The molecule has 1 aromatic heterocycles. The summed E-state index contributed by atoms with van der Waals surface area (Å²) in [5.74, 6) is -1.93. The summed E-state index contributed by atoms with van der Waals surface area (Å²) in [6, 6.07) is 8.50. The number of hydrogen-bond donors (Lipinski definition) is 3. The number of thiazole rings is 1. The van der Waals surface area contributed by atoms with Crippen LogP contribution in [0.25, 0.3) is 10.6 Å². The minimum absolute atomic E-state index is 0.125. The van der Waals surface area contributed by atoms with Crippen LogP contribution in [0.1, 0.15) is 29.9 Å². The van der Waals surface area contributed by atoms with Crippen molar-refractivity contribution in [2.24, 2.45) is 5.92 Å². The molecule has 0 radical (unpaired) electrons. The number of carbonyl (C=O) groups is 3. The van der Waals surface area contributed by atoms with Crippen molar-refractivity contribution in [1.82, 2.24) is 15.6 Å². The first-order chi connectivity index (χ1) is 12.4. The summed E-state index contributed by atoms with van der Waals surface area (Å²) in [5.41, 5.74) is 0.910. The summed E-state index contributed by atoms with van der Waals surface area (Å²) in [7, 11) is 0. The van der Waals surface area contributed by atoms with Gasteiger partial charge < -0.3 is 15.7 Å². The highest BCUT2D eigenvalue weighted by molar-refractivity contribution is 7.16. The molecule has 2 amide bonds. The van der Waals surface area contributed by atoms with Crippen LogP contribution >= 0.6 is 11.3 Å². The van der Waals surface area contributed by atoms with Crippen LogP contribution in [-0.2, 0) is 9.59 Å². The lowest BCUT2D eigenvalue weighted by atomic mass is 10.0. The molecule has 0 aliphatic heterocycles. The molecule has 2 rings (SSSR count). The molecule has 0 bridgehead atoms. The monoisotopic (exact) mass is 375 g/mol. The predicted molar refractivity (Wildman–Crippen MR) is 98.9 cm³/mol. The fourth-order valence-corrected chi connectivity index (χ4v) is 3.12. The normalized spacial score (nSPS) is 11.8. The third-order valence-corrected chi connectivity index (χ3v) is 4.55. The van der Waals surface area contributed by atoms with Crippen molar-refractivity contribution in [3.05, 3.63) is 41.4 Å². The van der Waals surface area contributed by atoms with Crippen molar-refractivity contribution >= 4 is 29.1 Å². The fourth-order valence-electron chi connectivity index (χ4n) is 2.28. The third-order valence-electron chi connectivity index (χ3n) is 3.50. The van der Waals surface area contributed by atoms with Gasteiger partial charge in [0.2, 0.25) is 5.91 Å². The van der Waals surface area contributed by atoms with Crippen LogP contribution in [0.15, 0.2) is 36.5 Å². The maximum Gasteiger partial charge on any atom is 0.326 e. The molecule has 8 heteroatoms. The van der Waals surface area contributed by atoms with Crippen molar-refractivity contribution < 1.29 is 19.5 Å². The zero-order valence-electron chi connectivity index (χ0n) is 14.6. The zero-order valence-corrected chi connectivity index (χ0v) is 15.4. The first-order valence-electron chi connectivity index (χ1n) is 8.18. The van der Waals surface area contributed by atoms with Crippen LogP contribution in [0.5, 0.6) is 0 Å². The van der Waals surface area contributed by atoms with Gasteiger partial charge in [0.1, 0.15) is 15.9 Å². The first-order valence-corrected chi connectivity index (χ1v) is 9.00. The topological polar surface area (TPSA) is 108 Å². The van der Waals surface area contributed by atoms with E-state index in [0.29, 0.717) is 16.3 Å². The maximum absolute atomic E-state index is 12.2. The number of aromatic nitrogens is 1. The van der Waals surface area contributed by atoms with Crippen LogP contribution < -0.4 is 10.6 Å². The molecule has 0 saturated carbocycles. The van der Waals surface area contributed by atoms with Crippen LogP contribution in [0, 0.1) is 5.92 Å². The van der Waals surface area contributed by atoms with Gasteiger partial charge in [0.05, 0.1) is 12.7 Å². The van der Waals surface area contributed by atoms with Crippen molar-refractivity contribution in [3.8, 4) is 10.6 Å². The van der Waals surface area contributed by atoms with Gasteiger partial charge in [-0.2, -0.15) is 0 Å². The molecule has 1 heterocycles. The number of carbonyl (C=O) groups excluding carboxylic acids is 2. The Morgan fingerprint density at radius 1 is 1.19 bits per heavy atom. The standard InChI is InChI=1S/C18H21N3O4S/c1-11(2)8-13(18(24)25)21-15(22)10-19-16(23)14-9-20-17(26-14)12-6-4-3-5-7-12/h3-7,9,11,13H,8,10H2,1-2H3,(H,19,23)(H,21,22)(H,24,25)/t13-/m0/s1. The maximum atomic E-state index is 12.2. The highest BCUT2D eigenvalue weighted by Crippen LogP contribution is 2.24. The van der Waals surface area contributed by atoms with E-state index < -0.39 is 23.8 Å². The second kappa shape index (κ2) is 9.10. The molecule has 0 aliphatic rings. The number of rotatable bonds is 8. The van der Waals surface area contributed by atoms with Gasteiger partial charge in [0.15, 0.2) is 0 Å². The Morgan fingerprint density at radius 3 is 2.50 bits per heavy atom. The van der Waals surface area contributed by atoms with E-state index in [9.17, 15) is 14.4 Å². The van der Waals surface area contributed by atoms with Gasteiger partial charge in [-0.1, -0.05) is 44.2 Å². The second-order valence-corrected chi connectivity index (χ2v) is 7.20. The highest BCUT2D eigenvalue weighted by Gasteiger charge is 2.21.